The molecule has 1 fully saturated rings. The largest absolute Gasteiger partial charge is 0.342 e. The van der Waals surface area contributed by atoms with Crippen molar-refractivity contribution in [1.29, 1.82) is 0 Å². The van der Waals surface area contributed by atoms with Crippen molar-refractivity contribution in [3.63, 3.8) is 0 Å². The Labute approximate surface area is 119 Å². The molecule has 1 unspecified atom stereocenters. The van der Waals surface area contributed by atoms with E-state index in [-0.39, 0.29) is 12.7 Å². The highest BCUT2D eigenvalue weighted by Crippen LogP contribution is 2.40. The van der Waals surface area contributed by atoms with Crippen molar-refractivity contribution in [3.05, 3.63) is 34.9 Å². The Morgan fingerprint density at radius 1 is 1.42 bits per heavy atom. The molecule has 1 aromatic rings. The van der Waals surface area contributed by atoms with Crippen molar-refractivity contribution < 1.29 is 17.9 Å². The van der Waals surface area contributed by atoms with Crippen LogP contribution in [0.2, 0.25) is 5.02 Å². The molecule has 0 aromatic heterocycles. The van der Waals surface area contributed by atoms with E-state index in [1.54, 1.807) is 19.9 Å². The maximum absolute atomic E-state index is 10.8. The molecule has 0 saturated carbocycles. The summed E-state index contributed by atoms with van der Waals surface area (Å²) in [5.74, 6) is -0.756. The number of hydrogen-bond donors (Lipinski definition) is 1. The molecule has 1 aliphatic rings. The zero-order chi connectivity index (χ0) is 14.0. The first-order valence-electron chi connectivity index (χ1n) is 5.78. The minimum Gasteiger partial charge on any atom is -0.342 e. The van der Waals surface area contributed by atoms with Crippen LogP contribution < -0.4 is 5.14 Å². The second-order valence-corrected chi connectivity index (χ2v) is 5.82. The van der Waals surface area contributed by atoms with E-state index in [0.717, 1.165) is 5.56 Å². The summed E-state index contributed by atoms with van der Waals surface area (Å²) in [4.78, 5) is 0. The highest BCUT2D eigenvalue weighted by Gasteiger charge is 2.43. The molecule has 2 N–H and O–H groups in total. The standard InChI is InChI=1S/C12H16ClNO4S/c1-12(2)17-10(7-16-19(14)15)11(18-12)8-5-3-4-6-9(8)13/h3-6,10-11H,7,14H2,1-2H3/t10-,11+,19?/m1/s1. The Hall–Kier alpha value is -0.500. The van der Waals surface area contributed by atoms with Crippen molar-refractivity contribution in [3.8, 4) is 0 Å². The molecule has 1 aromatic carbocycles. The van der Waals surface area contributed by atoms with Crippen molar-refractivity contribution in [2.75, 3.05) is 6.61 Å². The Balaban J connectivity index is 2.21. The van der Waals surface area contributed by atoms with E-state index in [9.17, 15) is 4.21 Å². The first-order valence-corrected chi connectivity index (χ1v) is 7.30. The molecule has 2 rings (SSSR count). The summed E-state index contributed by atoms with van der Waals surface area (Å²) in [7, 11) is 0. The number of nitrogens with two attached hydrogens (primary N) is 1. The Morgan fingerprint density at radius 3 is 2.74 bits per heavy atom. The number of ether oxygens (including phenoxy) is 2. The number of rotatable bonds is 4. The molecule has 19 heavy (non-hydrogen) atoms. The van der Waals surface area contributed by atoms with E-state index in [4.69, 9.17) is 30.4 Å². The van der Waals surface area contributed by atoms with Gasteiger partial charge in [0.15, 0.2) is 5.79 Å². The van der Waals surface area contributed by atoms with Gasteiger partial charge in [0.2, 0.25) is 11.3 Å². The molecule has 7 heteroatoms. The topological polar surface area (TPSA) is 70.8 Å². The fourth-order valence-electron chi connectivity index (χ4n) is 2.06. The molecule has 0 spiro atoms. The quantitative estimate of drug-likeness (QED) is 0.924. The van der Waals surface area contributed by atoms with E-state index in [0.29, 0.717) is 5.02 Å². The van der Waals surface area contributed by atoms with E-state index < -0.39 is 23.2 Å². The van der Waals surface area contributed by atoms with Gasteiger partial charge in [-0.3, -0.25) is 4.18 Å². The molecule has 106 valence electrons. The van der Waals surface area contributed by atoms with Crippen LogP contribution in [-0.2, 0) is 24.9 Å². The molecular formula is C12H16ClNO4S. The highest BCUT2D eigenvalue weighted by atomic mass is 35.5. The smallest absolute Gasteiger partial charge is 0.231 e. The maximum Gasteiger partial charge on any atom is 0.231 e. The Bertz CT molecular complexity index is 483. The van der Waals surface area contributed by atoms with Crippen molar-refractivity contribution in [2.24, 2.45) is 5.14 Å². The average Bonchev–Trinajstić information content (AvgIpc) is 2.62. The summed E-state index contributed by atoms with van der Waals surface area (Å²) < 4.78 is 27.3. The van der Waals surface area contributed by atoms with E-state index in [1.807, 2.05) is 18.2 Å². The second kappa shape index (κ2) is 5.87. The van der Waals surface area contributed by atoms with Gasteiger partial charge in [-0.1, -0.05) is 29.8 Å². The van der Waals surface area contributed by atoms with Gasteiger partial charge in [0.05, 0.1) is 6.61 Å². The van der Waals surface area contributed by atoms with Crippen LogP contribution in [0.1, 0.15) is 25.5 Å². The fraction of sp³-hybridized carbons (Fsp3) is 0.500. The summed E-state index contributed by atoms with van der Waals surface area (Å²) in [6.07, 6.45) is -0.797. The molecule has 5 nitrogen and oxygen atoms in total. The van der Waals surface area contributed by atoms with Crippen LogP contribution >= 0.6 is 11.6 Å². The number of hydrogen-bond acceptors (Lipinski definition) is 4. The third-order valence-corrected chi connectivity index (χ3v) is 3.46. The molecular weight excluding hydrogens is 290 g/mol. The molecule has 0 radical (unpaired) electrons. The normalized spacial score (nSPS) is 27.4. The lowest BCUT2D eigenvalue weighted by Crippen LogP contribution is -2.26. The van der Waals surface area contributed by atoms with Crippen LogP contribution in [0.5, 0.6) is 0 Å². The summed E-state index contributed by atoms with van der Waals surface area (Å²) in [6, 6.07) is 7.36. The van der Waals surface area contributed by atoms with Crippen molar-refractivity contribution in [2.45, 2.75) is 31.8 Å². The minimum absolute atomic E-state index is 0.0719. The van der Waals surface area contributed by atoms with Crippen LogP contribution in [-0.4, -0.2) is 22.7 Å². The summed E-state index contributed by atoms with van der Waals surface area (Å²) in [5, 5.41) is 5.67. The van der Waals surface area contributed by atoms with Gasteiger partial charge in [-0.15, -0.1) is 0 Å². The van der Waals surface area contributed by atoms with Crippen LogP contribution in [0.25, 0.3) is 0 Å². The van der Waals surface area contributed by atoms with Crippen LogP contribution in [0.4, 0.5) is 0 Å². The van der Waals surface area contributed by atoms with Gasteiger partial charge >= 0.3 is 0 Å². The van der Waals surface area contributed by atoms with Crippen molar-refractivity contribution >= 4 is 22.9 Å². The van der Waals surface area contributed by atoms with Crippen LogP contribution in [0.3, 0.4) is 0 Å². The van der Waals surface area contributed by atoms with Crippen LogP contribution in [0.15, 0.2) is 24.3 Å². The molecule has 0 amide bonds. The maximum atomic E-state index is 10.8. The van der Waals surface area contributed by atoms with Gasteiger partial charge in [0.1, 0.15) is 12.2 Å². The van der Waals surface area contributed by atoms with Gasteiger partial charge in [-0.2, -0.15) is 0 Å². The summed E-state index contributed by atoms with van der Waals surface area (Å²) in [6.45, 7) is 3.68. The van der Waals surface area contributed by atoms with Gasteiger partial charge in [-0.25, -0.2) is 9.35 Å². The average molecular weight is 306 g/mol. The van der Waals surface area contributed by atoms with Gasteiger partial charge < -0.3 is 9.47 Å². The Morgan fingerprint density at radius 2 is 2.11 bits per heavy atom. The third kappa shape index (κ3) is 3.75. The van der Waals surface area contributed by atoms with E-state index in [1.165, 1.54) is 0 Å². The molecule has 1 aliphatic heterocycles. The van der Waals surface area contributed by atoms with Crippen LogP contribution in [0, 0.1) is 0 Å². The SMILES string of the molecule is CC1(C)O[C@H](COS(N)=O)[C@H](c2ccccc2Cl)O1. The summed E-state index contributed by atoms with van der Waals surface area (Å²) >= 11 is 4.33. The molecule has 1 saturated heterocycles. The van der Waals surface area contributed by atoms with Gasteiger partial charge in [0, 0.05) is 10.6 Å². The molecule has 3 atom stereocenters. The van der Waals surface area contributed by atoms with Crippen molar-refractivity contribution in [1.82, 2.24) is 0 Å². The lowest BCUT2D eigenvalue weighted by atomic mass is 10.1. The fourth-order valence-corrected chi connectivity index (χ4v) is 2.57. The number of benzene rings is 1. The van der Waals surface area contributed by atoms with Gasteiger partial charge in [-0.05, 0) is 19.9 Å². The zero-order valence-corrected chi connectivity index (χ0v) is 12.2. The minimum atomic E-state index is -1.83. The monoisotopic (exact) mass is 305 g/mol. The second-order valence-electron chi connectivity index (χ2n) is 4.66. The van der Waals surface area contributed by atoms with E-state index in [2.05, 4.69) is 0 Å². The lowest BCUT2D eigenvalue weighted by Gasteiger charge is -2.17. The Kier molecular flexibility index (Phi) is 4.60. The molecule has 0 aliphatic carbocycles. The predicted octanol–water partition coefficient (Wildman–Crippen LogP) is 2.09. The third-order valence-electron chi connectivity index (χ3n) is 2.74. The van der Waals surface area contributed by atoms with E-state index >= 15 is 0 Å². The first kappa shape index (κ1) is 14.9. The lowest BCUT2D eigenvalue weighted by molar-refractivity contribution is -0.148. The highest BCUT2D eigenvalue weighted by molar-refractivity contribution is 7.77. The molecule has 0 bridgehead atoms. The molecule has 1 heterocycles. The number of halogens is 1. The van der Waals surface area contributed by atoms with Gasteiger partial charge in [0.25, 0.3) is 0 Å². The predicted molar refractivity (Wildman–Crippen MR) is 72.5 cm³/mol. The first-order chi connectivity index (χ1) is 8.89. The zero-order valence-electron chi connectivity index (χ0n) is 10.7. The summed E-state index contributed by atoms with van der Waals surface area (Å²) in [5.41, 5.74) is 0.811.